The van der Waals surface area contributed by atoms with Gasteiger partial charge in [0, 0.05) is 24.7 Å². The summed E-state index contributed by atoms with van der Waals surface area (Å²) in [5.41, 5.74) is 6.50. The van der Waals surface area contributed by atoms with E-state index in [1.54, 1.807) is 0 Å². The molecule has 1 saturated heterocycles. The molecule has 3 rings (SSSR count). The van der Waals surface area contributed by atoms with Crippen molar-refractivity contribution in [3.8, 4) is 0 Å². The lowest BCUT2D eigenvalue weighted by Gasteiger charge is -2.19. The van der Waals surface area contributed by atoms with Crippen LogP contribution in [-0.2, 0) is 0 Å². The summed E-state index contributed by atoms with van der Waals surface area (Å²) < 4.78 is 13.1. The molecular formula is C14H16ClFN2O. The Labute approximate surface area is 116 Å². The van der Waals surface area contributed by atoms with E-state index >= 15 is 0 Å². The van der Waals surface area contributed by atoms with E-state index in [0.29, 0.717) is 23.9 Å². The van der Waals surface area contributed by atoms with Crippen molar-refractivity contribution in [2.45, 2.75) is 18.9 Å². The van der Waals surface area contributed by atoms with Crippen molar-refractivity contribution in [3.05, 3.63) is 34.6 Å². The minimum absolute atomic E-state index is 0.0121. The van der Waals surface area contributed by atoms with E-state index in [1.165, 1.54) is 18.2 Å². The molecule has 19 heavy (non-hydrogen) atoms. The molecular weight excluding hydrogens is 267 g/mol. The number of halogens is 2. The lowest BCUT2D eigenvalue weighted by atomic mass is 9.98. The Morgan fingerprint density at radius 3 is 2.84 bits per heavy atom. The summed E-state index contributed by atoms with van der Waals surface area (Å²) in [6, 6.07) is 4.32. The Morgan fingerprint density at radius 1 is 1.37 bits per heavy atom. The van der Waals surface area contributed by atoms with Gasteiger partial charge in [0.05, 0.1) is 5.02 Å². The van der Waals surface area contributed by atoms with Gasteiger partial charge in [0.15, 0.2) is 0 Å². The average molecular weight is 283 g/mol. The largest absolute Gasteiger partial charge is 0.338 e. The van der Waals surface area contributed by atoms with E-state index in [0.717, 1.165) is 19.4 Å². The van der Waals surface area contributed by atoms with Crippen LogP contribution in [0.4, 0.5) is 4.39 Å². The van der Waals surface area contributed by atoms with E-state index in [2.05, 4.69) is 0 Å². The summed E-state index contributed by atoms with van der Waals surface area (Å²) in [4.78, 5) is 14.2. The molecule has 0 bridgehead atoms. The molecule has 3 unspecified atom stereocenters. The number of benzene rings is 1. The summed E-state index contributed by atoms with van der Waals surface area (Å²) in [5.74, 6) is 0.358. The third-order valence-electron chi connectivity index (χ3n) is 4.37. The van der Waals surface area contributed by atoms with Crippen LogP contribution in [0.2, 0.25) is 5.02 Å². The zero-order chi connectivity index (χ0) is 13.6. The standard InChI is InChI=1S/C14H16ClFN2O/c15-11-5-8(1-3-12(11)16)14(19)18-6-9-2-4-13(17)10(9)7-18/h1,3,5,9-10,13H,2,4,6-7,17H2. The van der Waals surface area contributed by atoms with Crippen LogP contribution in [0, 0.1) is 17.7 Å². The normalized spacial score (nSPS) is 29.6. The first-order valence-electron chi connectivity index (χ1n) is 6.56. The monoisotopic (exact) mass is 282 g/mol. The summed E-state index contributed by atoms with van der Waals surface area (Å²) in [6.07, 6.45) is 2.15. The van der Waals surface area contributed by atoms with Gasteiger partial charge in [-0.05, 0) is 42.9 Å². The van der Waals surface area contributed by atoms with Crippen molar-refractivity contribution in [1.82, 2.24) is 4.90 Å². The molecule has 2 N–H and O–H groups in total. The van der Waals surface area contributed by atoms with Gasteiger partial charge in [-0.3, -0.25) is 4.79 Å². The molecule has 0 spiro atoms. The van der Waals surface area contributed by atoms with Crippen molar-refractivity contribution in [2.75, 3.05) is 13.1 Å². The van der Waals surface area contributed by atoms with Crippen LogP contribution in [0.25, 0.3) is 0 Å². The van der Waals surface area contributed by atoms with Gasteiger partial charge in [-0.15, -0.1) is 0 Å². The Bertz CT molecular complexity index is 522. The summed E-state index contributed by atoms with van der Waals surface area (Å²) in [6.45, 7) is 1.46. The van der Waals surface area contributed by atoms with Gasteiger partial charge >= 0.3 is 0 Å². The fourth-order valence-electron chi connectivity index (χ4n) is 3.29. The van der Waals surface area contributed by atoms with Crippen LogP contribution in [0.15, 0.2) is 18.2 Å². The van der Waals surface area contributed by atoms with Gasteiger partial charge in [0.25, 0.3) is 5.91 Å². The number of nitrogens with zero attached hydrogens (tertiary/aromatic N) is 1. The van der Waals surface area contributed by atoms with Crippen molar-refractivity contribution in [2.24, 2.45) is 17.6 Å². The van der Waals surface area contributed by atoms with E-state index in [4.69, 9.17) is 17.3 Å². The highest BCUT2D eigenvalue weighted by Gasteiger charge is 2.42. The molecule has 1 aromatic carbocycles. The summed E-state index contributed by atoms with van der Waals surface area (Å²) in [5, 5.41) is -0.0121. The molecule has 0 aromatic heterocycles. The summed E-state index contributed by atoms with van der Waals surface area (Å²) in [7, 11) is 0. The highest BCUT2D eigenvalue weighted by molar-refractivity contribution is 6.31. The van der Waals surface area contributed by atoms with E-state index in [9.17, 15) is 9.18 Å². The second kappa shape index (κ2) is 4.76. The third kappa shape index (κ3) is 2.23. The Morgan fingerprint density at radius 2 is 2.16 bits per heavy atom. The number of hydrogen-bond donors (Lipinski definition) is 1. The van der Waals surface area contributed by atoms with Crippen LogP contribution in [0.5, 0.6) is 0 Å². The predicted octanol–water partition coefficient (Wildman–Crippen LogP) is 2.29. The molecule has 1 heterocycles. The van der Waals surface area contributed by atoms with Crippen LogP contribution in [-0.4, -0.2) is 29.9 Å². The lowest BCUT2D eigenvalue weighted by Crippen LogP contribution is -2.33. The maximum absolute atomic E-state index is 13.1. The molecule has 5 heteroatoms. The number of carbonyl (C=O) groups is 1. The predicted molar refractivity (Wildman–Crippen MR) is 71.5 cm³/mol. The minimum atomic E-state index is -0.501. The first-order valence-corrected chi connectivity index (χ1v) is 6.94. The Balaban J connectivity index is 1.76. The van der Waals surface area contributed by atoms with E-state index in [-0.39, 0.29) is 17.0 Å². The number of rotatable bonds is 1. The fraction of sp³-hybridized carbons (Fsp3) is 0.500. The van der Waals surface area contributed by atoms with E-state index in [1.807, 2.05) is 4.90 Å². The van der Waals surface area contributed by atoms with Gasteiger partial charge in [0.1, 0.15) is 5.82 Å². The Kier molecular flexibility index (Phi) is 3.23. The number of fused-ring (bicyclic) bond motifs is 1. The molecule has 1 amide bonds. The average Bonchev–Trinajstić information content (AvgIpc) is 2.95. The molecule has 1 aliphatic heterocycles. The van der Waals surface area contributed by atoms with Crippen LogP contribution in [0.3, 0.4) is 0 Å². The Hall–Kier alpha value is -1.13. The molecule has 1 aliphatic carbocycles. The second-order valence-electron chi connectivity index (χ2n) is 5.50. The smallest absolute Gasteiger partial charge is 0.253 e. The molecule has 0 radical (unpaired) electrons. The zero-order valence-corrected chi connectivity index (χ0v) is 11.2. The number of hydrogen-bond acceptors (Lipinski definition) is 2. The highest BCUT2D eigenvalue weighted by atomic mass is 35.5. The van der Waals surface area contributed by atoms with Crippen LogP contribution < -0.4 is 5.73 Å². The van der Waals surface area contributed by atoms with E-state index < -0.39 is 5.82 Å². The topological polar surface area (TPSA) is 46.3 Å². The number of nitrogens with two attached hydrogens (primary N) is 1. The molecule has 1 saturated carbocycles. The molecule has 2 fully saturated rings. The van der Waals surface area contributed by atoms with Gasteiger partial charge in [-0.25, -0.2) is 4.39 Å². The van der Waals surface area contributed by atoms with Gasteiger partial charge in [-0.2, -0.15) is 0 Å². The SMILES string of the molecule is NC1CCC2CN(C(=O)c3ccc(F)c(Cl)c3)CC12. The maximum Gasteiger partial charge on any atom is 0.253 e. The highest BCUT2D eigenvalue weighted by Crippen LogP contribution is 2.37. The molecule has 102 valence electrons. The second-order valence-corrected chi connectivity index (χ2v) is 5.91. The van der Waals surface area contributed by atoms with Crippen LogP contribution >= 0.6 is 11.6 Å². The van der Waals surface area contributed by atoms with Crippen molar-refractivity contribution in [1.29, 1.82) is 0 Å². The molecule has 1 aromatic rings. The van der Waals surface area contributed by atoms with Crippen molar-refractivity contribution < 1.29 is 9.18 Å². The number of likely N-dealkylation sites (tertiary alicyclic amines) is 1. The van der Waals surface area contributed by atoms with Gasteiger partial charge < -0.3 is 10.6 Å². The fourth-order valence-corrected chi connectivity index (χ4v) is 3.47. The van der Waals surface area contributed by atoms with Gasteiger partial charge in [-0.1, -0.05) is 11.6 Å². The minimum Gasteiger partial charge on any atom is -0.338 e. The van der Waals surface area contributed by atoms with Crippen LogP contribution in [0.1, 0.15) is 23.2 Å². The molecule has 3 nitrogen and oxygen atoms in total. The maximum atomic E-state index is 13.1. The number of amides is 1. The summed E-state index contributed by atoms with van der Waals surface area (Å²) >= 11 is 5.72. The van der Waals surface area contributed by atoms with Crippen molar-refractivity contribution >= 4 is 17.5 Å². The lowest BCUT2D eigenvalue weighted by molar-refractivity contribution is 0.0779. The molecule has 3 atom stereocenters. The number of carbonyl (C=O) groups excluding carboxylic acids is 1. The first kappa shape index (κ1) is 12.9. The van der Waals surface area contributed by atoms with Gasteiger partial charge in [0.2, 0.25) is 0 Å². The molecule has 2 aliphatic rings. The van der Waals surface area contributed by atoms with Crippen molar-refractivity contribution in [3.63, 3.8) is 0 Å². The third-order valence-corrected chi connectivity index (χ3v) is 4.66. The first-order chi connectivity index (χ1) is 9.06. The zero-order valence-electron chi connectivity index (χ0n) is 10.5. The quantitative estimate of drug-likeness (QED) is 0.859.